The van der Waals surface area contributed by atoms with Gasteiger partial charge in [-0.05, 0) is 36.8 Å². The van der Waals surface area contributed by atoms with E-state index in [0.29, 0.717) is 5.11 Å². The van der Waals surface area contributed by atoms with Crippen molar-refractivity contribution in [1.29, 1.82) is 0 Å². The van der Waals surface area contributed by atoms with Crippen LogP contribution in [0.15, 0.2) is 28.7 Å². The predicted octanol–water partition coefficient (Wildman–Crippen LogP) is 3.04. The fourth-order valence-electron chi connectivity index (χ4n) is 1.12. The zero-order valence-electron chi connectivity index (χ0n) is 9.22. The summed E-state index contributed by atoms with van der Waals surface area (Å²) in [4.78, 5) is 0. The molecule has 3 N–H and O–H groups in total. The molecule has 0 saturated carbocycles. The monoisotopic (exact) mass is 301 g/mol. The van der Waals surface area contributed by atoms with Gasteiger partial charge in [-0.15, -0.1) is 0 Å². The highest BCUT2D eigenvalue weighted by Crippen LogP contribution is 2.14. The van der Waals surface area contributed by atoms with Gasteiger partial charge in [0.2, 0.25) is 0 Å². The first-order valence-corrected chi connectivity index (χ1v) is 6.48. The van der Waals surface area contributed by atoms with Gasteiger partial charge in [0.05, 0.1) is 5.69 Å². The standard InChI is InChI=1S/C11H16BrN3S/c1-2-3-7-13-11(16)15-14-10-6-4-5-9(12)8-10/h4-6,8,14H,2-3,7H2,1H3,(H2,13,15,16). The zero-order chi connectivity index (χ0) is 11.8. The Balaban J connectivity index is 2.26. The van der Waals surface area contributed by atoms with Crippen LogP contribution in [0.3, 0.4) is 0 Å². The third kappa shape index (κ3) is 5.32. The Labute approximate surface area is 110 Å². The summed E-state index contributed by atoms with van der Waals surface area (Å²) in [6.07, 6.45) is 2.29. The van der Waals surface area contributed by atoms with Gasteiger partial charge in [-0.3, -0.25) is 10.9 Å². The average molecular weight is 302 g/mol. The van der Waals surface area contributed by atoms with E-state index < -0.39 is 0 Å². The number of unbranched alkanes of at least 4 members (excludes halogenated alkanes) is 1. The Bertz CT molecular complexity index is 344. The first-order valence-electron chi connectivity index (χ1n) is 5.28. The molecule has 0 aliphatic rings. The highest BCUT2D eigenvalue weighted by Gasteiger charge is 1.95. The SMILES string of the molecule is CCCCNC(=S)NNc1cccc(Br)c1. The molecular formula is C11H16BrN3S. The molecule has 3 nitrogen and oxygen atoms in total. The minimum atomic E-state index is 0.619. The molecule has 0 atom stereocenters. The van der Waals surface area contributed by atoms with Crippen molar-refractivity contribution in [1.82, 2.24) is 10.7 Å². The van der Waals surface area contributed by atoms with Crippen LogP contribution in [0, 0.1) is 0 Å². The number of benzene rings is 1. The number of hydrogen-bond acceptors (Lipinski definition) is 2. The molecule has 0 heterocycles. The number of hydrogen-bond donors (Lipinski definition) is 3. The molecule has 0 unspecified atom stereocenters. The van der Waals surface area contributed by atoms with Crippen molar-refractivity contribution in [3.8, 4) is 0 Å². The summed E-state index contributed by atoms with van der Waals surface area (Å²) >= 11 is 8.51. The molecule has 1 rings (SSSR count). The molecule has 0 aliphatic heterocycles. The second-order valence-electron chi connectivity index (χ2n) is 3.37. The van der Waals surface area contributed by atoms with E-state index in [1.807, 2.05) is 24.3 Å². The average Bonchev–Trinajstić information content (AvgIpc) is 2.27. The molecule has 0 aliphatic carbocycles. The van der Waals surface area contributed by atoms with Crippen LogP contribution in [-0.2, 0) is 0 Å². The third-order valence-electron chi connectivity index (χ3n) is 1.96. The maximum Gasteiger partial charge on any atom is 0.185 e. The number of nitrogens with one attached hydrogen (secondary N) is 3. The van der Waals surface area contributed by atoms with Gasteiger partial charge in [0.25, 0.3) is 0 Å². The smallest absolute Gasteiger partial charge is 0.185 e. The van der Waals surface area contributed by atoms with Crippen LogP contribution < -0.4 is 16.2 Å². The van der Waals surface area contributed by atoms with Gasteiger partial charge in [-0.1, -0.05) is 35.3 Å². The molecule has 1 aromatic rings. The van der Waals surface area contributed by atoms with Gasteiger partial charge >= 0.3 is 0 Å². The second-order valence-corrected chi connectivity index (χ2v) is 4.69. The van der Waals surface area contributed by atoms with Crippen molar-refractivity contribution in [2.75, 3.05) is 12.0 Å². The molecular weight excluding hydrogens is 286 g/mol. The van der Waals surface area contributed by atoms with Gasteiger partial charge in [-0.2, -0.15) is 0 Å². The summed E-state index contributed by atoms with van der Waals surface area (Å²) in [5.74, 6) is 0. The van der Waals surface area contributed by atoms with Crippen molar-refractivity contribution in [2.24, 2.45) is 0 Å². The highest BCUT2D eigenvalue weighted by atomic mass is 79.9. The first-order chi connectivity index (χ1) is 7.72. The maximum absolute atomic E-state index is 5.10. The molecule has 16 heavy (non-hydrogen) atoms. The first kappa shape index (κ1) is 13.3. The van der Waals surface area contributed by atoms with Gasteiger partial charge in [0.15, 0.2) is 5.11 Å². The highest BCUT2D eigenvalue weighted by molar-refractivity contribution is 9.10. The van der Waals surface area contributed by atoms with Crippen molar-refractivity contribution in [3.05, 3.63) is 28.7 Å². The minimum absolute atomic E-state index is 0.619. The van der Waals surface area contributed by atoms with E-state index in [1.54, 1.807) is 0 Å². The van der Waals surface area contributed by atoms with E-state index >= 15 is 0 Å². The molecule has 0 radical (unpaired) electrons. The summed E-state index contributed by atoms with van der Waals surface area (Å²) in [6.45, 7) is 3.06. The summed E-state index contributed by atoms with van der Waals surface area (Å²) in [5, 5.41) is 3.73. The molecule has 0 aromatic heterocycles. The van der Waals surface area contributed by atoms with E-state index in [0.717, 1.165) is 29.5 Å². The summed E-state index contributed by atoms with van der Waals surface area (Å²) in [7, 11) is 0. The van der Waals surface area contributed by atoms with Crippen LogP contribution in [0.25, 0.3) is 0 Å². The van der Waals surface area contributed by atoms with Crippen molar-refractivity contribution in [2.45, 2.75) is 19.8 Å². The second kappa shape index (κ2) is 7.46. The molecule has 0 spiro atoms. The molecule has 0 fully saturated rings. The minimum Gasteiger partial charge on any atom is -0.361 e. The van der Waals surface area contributed by atoms with Crippen molar-refractivity contribution >= 4 is 38.9 Å². The van der Waals surface area contributed by atoms with Gasteiger partial charge in [0, 0.05) is 11.0 Å². The lowest BCUT2D eigenvalue weighted by Crippen LogP contribution is -2.39. The molecule has 0 bridgehead atoms. The summed E-state index contributed by atoms with van der Waals surface area (Å²) in [6, 6.07) is 7.87. The van der Waals surface area contributed by atoms with Gasteiger partial charge in [0.1, 0.15) is 0 Å². The van der Waals surface area contributed by atoms with Crippen LogP contribution in [0.2, 0.25) is 0 Å². The Hall–Kier alpha value is -0.810. The number of anilines is 1. The Kier molecular flexibility index (Phi) is 6.18. The normalized spacial score (nSPS) is 9.62. The topological polar surface area (TPSA) is 36.1 Å². The van der Waals surface area contributed by atoms with E-state index in [1.165, 1.54) is 0 Å². The number of hydrazine groups is 1. The molecule has 0 amide bonds. The summed E-state index contributed by atoms with van der Waals surface area (Å²) < 4.78 is 1.03. The number of halogens is 1. The van der Waals surface area contributed by atoms with Gasteiger partial charge < -0.3 is 5.32 Å². The van der Waals surface area contributed by atoms with Crippen LogP contribution in [-0.4, -0.2) is 11.7 Å². The van der Waals surface area contributed by atoms with E-state index in [2.05, 4.69) is 39.0 Å². The van der Waals surface area contributed by atoms with Crippen LogP contribution in [0.4, 0.5) is 5.69 Å². The van der Waals surface area contributed by atoms with Crippen LogP contribution in [0.5, 0.6) is 0 Å². The van der Waals surface area contributed by atoms with E-state index in [-0.39, 0.29) is 0 Å². The molecule has 88 valence electrons. The van der Waals surface area contributed by atoms with Gasteiger partial charge in [-0.25, -0.2) is 0 Å². The van der Waals surface area contributed by atoms with Crippen molar-refractivity contribution < 1.29 is 0 Å². The lowest BCUT2D eigenvalue weighted by Gasteiger charge is -2.12. The van der Waals surface area contributed by atoms with E-state index in [4.69, 9.17) is 12.2 Å². The predicted molar refractivity (Wildman–Crippen MR) is 76.4 cm³/mol. The molecule has 0 saturated heterocycles. The molecule has 1 aromatic carbocycles. The summed E-state index contributed by atoms with van der Waals surface area (Å²) in [5.41, 5.74) is 6.93. The Morgan fingerprint density at radius 1 is 1.44 bits per heavy atom. The largest absolute Gasteiger partial charge is 0.361 e. The zero-order valence-corrected chi connectivity index (χ0v) is 11.6. The van der Waals surface area contributed by atoms with E-state index in [9.17, 15) is 0 Å². The Morgan fingerprint density at radius 2 is 2.25 bits per heavy atom. The third-order valence-corrected chi connectivity index (χ3v) is 2.70. The lowest BCUT2D eigenvalue weighted by atomic mass is 10.3. The van der Waals surface area contributed by atoms with Crippen molar-refractivity contribution in [3.63, 3.8) is 0 Å². The fraction of sp³-hybridized carbons (Fsp3) is 0.364. The Morgan fingerprint density at radius 3 is 2.94 bits per heavy atom. The number of rotatable bonds is 5. The molecule has 5 heteroatoms. The lowest BCUT2D eigenvalue weighted by molar-refractivity contribution is 0.748. The van der Waals surface area contributed by atoms with Crippen LogP contribution >= 0.6 is 28.1 Å². The quantitative estimate of drug-likeness (QED) is 0.444. The number of thiocarbonyl (C=S) groups is 1. The maximum atomic E-state index is 5.10. The van der Waals surface area contributed by atoms with Crippen LogP contribution in [0.1, 0.15) is 19.8 Å². The fourth-order valence-corrected chi connectivity index (χ4v) is 1.67.